The summed E-state index contributed by atoms with van der Waals surface area (Å²) in [7, 11) is 5.82. The third kappa shape index (κ3) is 3.84. The Morgan fingerprint density at radius 3 is 2.41 bits per heavy atom. The van der Waals surface area contributed by atoms with Gasteiger partial charge in [0.2, 0.25) is 0 Å². The average Bonchev–Trinajstić information content (AvgIpc) is 2.61. The van der Waals surface area contributed by atoms with E-state index >= 15 is 0 Å². The molecule has 2 aromatic rings. The Morgan fingerprint density at radius 1 is 1.11 bits per heavy atom. The van der Waals surface area contributed by atoms with E-state index in [2.05, 4.69) is 20.7 Å². The van der Waals surface area contributed by atoms with Crippen LogP contribution in [-0.2, 0) is 0 Å². The van der Waals surface area contributed by atoms with Crippen LogP contribution < -0.4 is 17.1 Å². The number of hydrogen-bond donors (Lipinski definition) is 0. The summed E-state index contributed by atoms with van der Waals surface area (Å²) >= 11 is 0. The molecule has 0 N–H and O–H groups in total. The number of hydrogen-bond acceptors (Lipinski definition) is 3. The molecule has 0 aromatic heterocycles. The average molecular weight is 389 g/mol. The molecule has 5 nitrogen and oxygen atoms in total. The fraction of sp³-hybridized carbons (Fsp3) is 0.333. The number of rotatable bonds is 7. The van der Waals surface area contributed by atoms with E-state index in [0.717, 1.165) is 29.4 Å². The van der Waals surface area contributed by atoms with Crippen molar-refractivity contribution in [3.05, 3.63) is 54.1 Å². The van der Waals surface area contributed by atoms with Gasteiger partial charge < -0.3 is 21.6 Å². The van der Waals surface area contributed by atoms with Gasteiger partial charge in [-0.3, -0.25) is 14.5 Å². The maximum Gasteiger partial charge on any atom is 0.261 e. The summed E-state index contributed by atoms with van der Waals surface area (Å²) in [6, 6.07) is 9.04. The van der Waals surface area contributed by atoms with Gasteiger partial charge in [0.15, 0.2) is 0 Å². The van der Waals surface area contributed by atoms with Gasteiger partial charge in [-0.15, -0.1) is 0 Å². The van der Waals surface area contributed by atoms with Crippen LogP contribution in [0.2, 0.25) is 0 Å². The van der Waals surface area contributed by atoms with Gasteiger partial charge >= 0.3 is 0 Å². The molecule has 0 fully saturated rings. The van der Waals surface area contributed by atoms with E-state index in [9.17, 15) is 9.59 Å². The molecular formula is C21H25ClN2O3. The van der Waals surface area contributed by atoms with Crippen LogP contribution in [0, 0.1) is 0 Å². The molecule has 0 spiro atoms. The molecule has 0 atom stereocenters. The van der Waals surface area contributed by atoms with Gasteiger partial charge in [0.05, 0.1) is 34.3 Å². The standard InChI is InChI=1S/C21H25N2O3.ClH/c1-5-13-23(2,3)14-7-12-22-20(24)16-9-6-8-15-18(26-4)11-10-17(19(15)16)21(22)25;/h5-6,8-11H,1,7,12-14H2,2-4H3;1H/q+1;/p-1. The Bertz CT molecular complexity index is 870. The molecule has 0 saturated carbocycles. The molecule has 1 aliphatic heterocycles. The number of methoxy groups -OCH3 is 1. The molecule has 1 aliphatic rings. The summed E-state index contributed by atoms with van der Waals surface area (Å²) < 4.78 is 6.16. The quantitative estimate of drug-likeness (QED) is 0.384. The minimum atomic E-state index is -0.227. The van der Waals surface area contributed by atoms with Gasteiger partial charge in [0, 0.05) is 34.9 Å². The van der Waals surface area contributed by atoms with Crippen molar-refractivity contribution in [3.63, 3.8) is 0 Å². The number of quaternary nitrogens is 1. The first-order chi connectivity index (χ1) is 12.4. The summed E-state index contributed by atoms with van der Waals surface area (Å²) in [4.78, 5) is 27.2. The fourth-order valence-corrected chi connectivity index (χ4v) is 3.60. The molecule has 0 saturated heterocycles. The van der Waals surface area contributed by atoms with Gasteiger partial charge in [-0.05, 0) is 24.3 Å². The van der Waals surface area contributed by atoms with E-state index in [1.165, 1.54) is 4.90 Å². The smallest absolute Gasteiger partial charge is 0.261 e. The Balaban J connectivity index is 0.00000261. The molecule has 144 valence electrons. The van der Waals surface area contributed by atoms with Crippen molar-refractivity contribution in [3.8, 4) is 5.75 Å². The normalized spacial score (nSPS) is 13.5. The number of likely N-dealkylation sites (N-methyl/N-ethyl adjacent to an activating group) is 1. The molecule has 6 heteroatoms. The second-order valence-electron chi connectivity index (χ2n) is 7.29. The highest BCUT2D eigenvalue weighted by Crippen LogP contribution is 2.35. The van der Waals surface area contributed by atoms with Crippen LogP contribution in [0.3, 0.4) is 0 Å². The van der Waals surface area contributed by atoms with Crippen LogP contribution >= 0.6 is 0 Å². The largest absolute Gasteiger partial charge is 1.00 e. The van der Waals surface area contributed by atoms with Crippen LogP contribution in [0.5, 0.6) is 5.75 Å². The Labute approximate surface area is 166 Å². The van der Waals surface area contributed by atoms with Crippen molar-refractivity contribution >= 4 is 22.6 Å². The summed E-state index contributed by atoms with van der Waals surface area (Å²) in [5.74, 6) is 0.217. The third-order valence-corrected chi connectivity index (χ3v) is 4.94. The Morgan fingerprint density at radius 2 is 1.78 bits per heavy atom. The van der Waals surface area contributed by atoms with Crippen molar-refractivity contribution in [2.75, 3.05) is 40.8 Å². The number of amides is 2. The predicted molar refractivity (Wildman–Crippen MR) is 103 cm³/mol. The van der Waals surface area contributed by atoms with Gasteiger partial charge in [0.25, 0.3) is 11.8 Å². The maximum atomic E-state index is 12.9. The molecule has 0 unspecified atom stereocenters. The van der Waals surface area contributed by atoms with Gasteiger partial charge in [0.1, 0.15) is 5.75 Å². The number of nitrogens with zero attached hydrogens (tertiary/aromatic N) is 2. The minimum Gasteiger partial charge on any atom is -1.00 e. The molecule has 0 bridgehead atoms. The molecule has 27 heavy (non-hydrogen) atoms. The first kappa shape index (κ1) is 20.9. The SMILES string of the molecule is C=CC[N+](C)(C)CCCN1C(=O)c2cccc3c(OC)ccc(c23)C1=O.[Cl-]. The highest BCUT2D eigenvalue weighted by Gasteiger charge is 2.33. The lowest BCUT2D eigenvalue weighted by Gasteiger charge is -2.31. The maximum absolute atomic E-state index is 12.9. The highest BCUT2D eigenvalue weighted by atomic mass is 35.5. The third-order valence-electron chi connectivity index (χ3n) is 4.94. The van der Waals surface area contributed by atoms with Crippen LogP contribution in [0.15, 0.2) is 43.0 Å². The number of halogens is 1. The minimum absolute atomic E-state index is 0. The lowest BCUT2D eigenvalue weighted by molar-refractivity contribution is -0.884. The zero-order chi connectivity index (χ0) is 18.9. The second-order valence-corrected chi connectivity index (χ2v) is 7.29. The zero-order valence-electron chi connectivity index (χ0n) is 16.0. The molecule has 2 amide bonds. The van der Waals surface area contributed by atoms with Gasteiger partial charge in [-0.25, -0.2) is 0 Å². The van der Waals surface area contributed by atoms with E-state index in [1.54, 1.807) is 25.3 Å². The number of imide groups is 1. The number of carbonyl (C=O) groups excluding carboxylic acids is 2. The zero-order valence-corrected chi connectivity index (χ0v) is 16.8. The van der Waals surface area contributed by atoms with Crippen molar-refractivity contribution < 1.29 is 31.2 Å². The van der Waals surface area contributed by atoms with E-state index < -0.39 is 0 Å². The van der Waals surface area contributed by atoms with Gasteiger partial charge in [-0.2, -0.15) is 0 Å². The Kier molecular flexibility index (Phi) is 6.29. The predicted octanol–water partition coefficient (Wildman–Crippen LogP) is 0.101. The summed E-state index contributed by atoms with van der Waals surface area (Å²) in [6.45, 7) is 5.91. The van der Waals surface area contributed by atoms with E-state index in [-0.39, 0.29) is 24.2 Å². The molecule has 0 radical (unpaired) electrons. The van der Waals surface area contributed by atoms with Gasteiger partial charge in [-0.1, -0.05) is 18.7 Å². The van der Waals surface area contributed by atoms with Crippen LogP contribution in [0.4, 0.5) is 0 Å². The first-order valence-electron chi connectivity index (χ1n) is 8.78. The molecule has 1 heterocycles. The van der Waals surface area contributed by atoms with Crippen LogP contribution in [0.25, 0.3) is 10.8 Å². The van der Waals surface area contributed by atoms with Crippen molar-refractivity contribution in [2.24, 2.45) is 0 Å². The number of benzene rings is 2. The topological polar surface area (TPSA) is 46.6 Å². The first-order valence-corrected chi connectivity index (χ1v) is 8.78. The monoisotopic (exact) mass is 388 g/mol. The summed E-state index contributed by atoms with van der Waals surface area (Å²) in [5.41, 5.74) is 1.13. The summed E-state index contributed by atoms with van der Waals surface area (Å²) in [6.07, 6.45) is 2.64. The lowest BCUT2D eigenvalue weighted by atomic mass is 9.93. The molecule has 3 rings (SSSR count). The molecule has 0 aliphatic carbocycles. The van der Waals surface area contributed by atoms with Crippen molar-refractivity contribution in [1.82, 2.24) is 4.90 Å². The Hall–Kier alpha value is -2.37. The van der Waals surface area contributed by atoms with E-state index in [4.69, 9.17) is 4.74 Å². The number of carbonyl (C=O) groups is 2. The number of ether oxygens (including phenoxy) is 1. The van der Waals surface area contributed by atoms with E-state index in [1.807, 2.05) is 18.2 Å². The summed E-state index contributed by atoms with van der Waals surface area (Å²) in [5, 5.41) is 1.49. The van der Waals surface area contributed by atoms with Crippen LogP contribution in [-0.4, -0.2) is 62.0 Å². The molecular weight excluding hydrogens is 364 g/mol. The fourth-order valence-electron chi connectivity index (χ4n) is 3.60. The molecule has 2 aromatic carbocycles. The van der Waals surface area contributed by atoms with E-state index in [0.29, 0.717) is 28.8 Å². The highest BCUT2D eigenvalue weighted by molar-refractivity contribution is 6.26. The van der Waals surface area contributed by atoms with Crippen molar-refractivity contribution in [1.29, 1.82) is 0 Å². The second kappa shape index (κ2) is 8.11. The van der Waals surface area contributed by atoms with Crippen molar-refractivity contribution in [2.45, 2.75) is 6.42 Å². The lowest BCUT2D eigenvalue weighted by Crippen LogP contribution is -3.00. The van der Waals surface area contributed by atoms with Crippen LogP contribution in [0.1, 0.15) is 27.1 Å².